The first kappa shape index (κ1) is 19.2. The van der Waals surface area contributed by atoms with Crippen molar-refractivity contribution >= 4 is 44.7 Å². The molecule has 2 aromatic heterocycles. The molecule has 0 unspecified atom stereocenters. The molecule has 0 saturated heterocycles. The number of rotatable bonds is 7. The number of thiophene rings is 1. The highest BCUT2D eigenvalue weighted by Crippen LogP contribution is 2.34. The van der Waals surface area contributed by atoms with Crippen molar-refractivity contribution in [3.8, 4) is 11.5 Å². The molecule has 2 heterocycles. The fourth-order valence-corrected chi connectivity index (χ4v) is 3.84. The molecule has 1 aromatic carbocycles. The van der Waals surface area contributed by atoms with Gasteiger partial charge in [-0.2, -0.15) is 0 Å². The maximum absolute atomic E-state index is 12.3. The molecule has 0 radical (unpaired) electrons. The lowest BCUT2D eigenvalue weighted by molar-refractivity contribution is 0.0946. The summed E-state index contributed by atoms with van der Waals surface area (Å²) in [6, 6.07) is 5.15. The molecule has 0 fully saturated rings. The number of hydrogen-bond donors (Lipinski definition) is 3. The maximum atomic E-state index is 12.3. The fraction of sp³-hybridized carbons (Fsp3) is 0.222. The minimum Gasteiger partial charge on any atom is -0.497 e. The van der Waals surface area contributed by atoms with E-state index >= 15 is 0 Å². The van der Waals surface area contributed by atoms with Crippen LogP contribution in [0.15, 0.2) is 29.8 Å². The van der Waals surface area contributed by atoms with Crippen LogP contribution in [0.25, 0.3) is 10.1 Å². The minimum atomic E-state index is -0.311. The van der Waals surface area contributed by atoms with Crippen LogP contribution in [0.2, 0.25) is 5.02 Å². The zero-order valence-corrected chi connectivity index (χ0v) is 16.1. The van der Waals surface area contributed by atoms with Crippen molar-refractivity contribution < 1.29 is 19.4 Å². The van der Waals surface area contributed by atoms with Crippen LogP contribution in [0.3, 0.4) is 0 Å². The van der Waals surface area contributed by atoms with Gasteiger partial charge in [0.05, 0.1) is 29.0 Å². The number of methoxy groups -OCH3 is 1. The van der Waals surface area contributed by atoms with Gasteiger partial charge in [-0.1, -0.05) is 11.6 Å². The number of nitrogens with two attached hydrogens (primary N) is 1. The molecule has 0 spiro atoms. The average molecular weight is 408 g/mol. The maximum Gasteiger partial charge on any atom is 0.254 e. The van der Waals surface area contributed by atoms with Gasteiger partial charge in [0.1, 0.15) is 23.9 Å². The summed E-state index contributed by atoms with van der Waals surface area (Å²) in [6.07, 6.45) is 1.44. The van der Waals surface area contributed by atoms with Gasteiger partial charge in [0.15, 0.2) is 0 Å². The largest absolute Gasteiger partial charge is 0.497 e. The van der Waals surface area contributed by atoms with E-state index in [1.165, 1.54) is 17.5 Å². The Hall–Kier alpha value is -2.55. The summed E-state index contributed by atoms with van der Waals surface area (Å²) in [4.78, 5) is 16.4. The number of aliphatic hydroxyl groups excluding tert-OH is 1. The van der Waals surface area contributed by atoms with Crippen LogP contribution in [-0.2, 0) is 6.61 Å². The van der Waals surface area contributed by atoms with Crippen LogP contribution in [0.5, 0.6) is 11.5 Å². The number of aromatic nitrogens is 1. The second-order valence-electron chi connectivity index (χ2n) is 5.59. The molecule has 3 rings (SSSR count). The van der Waals surface area contributed by atoms with Crippen molar-refractivity contribution in [1.82, 2.24) is 10.3 Å². The highest BCUT2D eigenvalue weighted by atomic mass is 35.5. The third-order valence-corrected chi connectivity index (χ3v) is 5.22. The smallest absolute Gasteiger partial charge is 0.254 e. The molecule has 142 valence electrons. The zero-order chi connectivity index (χ0) is 19.4. The molecule has 3 aromatic rings. The number of amides is 1. The summed E-state index contributed by atoms with van der Waals surface area (Å²) < 4.78 is 11.7. The molecule has 0 aliphatic heterocycles. The van der Waals surface area contributed by atoms with Crippen LogP contribution >= 0.6 is 22.9 Å². The summed E-state index contributed by atoms with van der Waals surface area (Å²) >= 11 is 7.59. The number of nitrogens with one attached hydrogen (secondary N) is 1. The molecule has 0 aliphatic carbocycles. The molecule has 0 saturated carbocycles. The highest BCUT2D eigenvalue weighted by Gasteiger charge is 2.17. The number of carbonyl (C=O) groups excluding carboxylic acids is 1. The van der Waals surface area contributed by atoms with Crippen LogP contribution in [0.4, 0.5) is 5.82 Å². The van der Waals surface area contributed by atoms with Gasteiger partial charge >= 0.3 is 0 Å². The molecule has 7 nitrogen and oxygen atoms in total. The Kier molecular flexibility index (Phi) is 6.00. The number of halogens is 1. The Morgan fingerprint density at radius 1 is 1.44 bits per heavy atom. The van der Waals surface area contributed by atoms with E-state index in [4.69, 9.17) is 31.9 Å². The zero-order valence-electron chi connectivity index (χ0n) is 14.5. The first-order valence-corrected chi connectivity index (χ1v) is 9.30. The molecule has 1 amide bonds. The van der Waals surface area contributed by atoms with E-state index in [9.17, 15) is 4.79 Å². The van der Waals surface area contributed by atoms with Crippen molar-refractivity contribution in [2.24, 2.45) is 0 Å². The number of nitrogen functional groups attached to an aromatic ring is 1. The summed E-state index contributed by atoms with van der Waals surface area (Å²) in [6.45, 7) is 0.255. The number of fused-ring (bicyclic) bond motifs is 1. The molecule has 27 heavy (non-hydrogen) atoms. The summed E-state index contributed by atoms with van der Waals surface area (Å²) in [5, 5.41) is 14.5. The van der Waals surface area contributed by atoms with E-state index < -0.39 is 0 Å². The van der Waals surface area contributed by atoms with E-state index in [1.54, 1.807) is 25.3 Å². The molecule has 0 atom stereocenters. The second-order valence-corrected chi connectivity index (χ2v) is 6.87. The number of ether oxygens (including phenoxy) is 2. The fourth-order valence-electron chi connectivity index (χ4n) is 2.54. The molecular formula is C18H18ClN3O4S. The number of anilines is 1. The number of pyridine rings is 1. The number of nitrogens with zero attached hydrogens (tertiary/aromatic N) is 1. The number of carbonyl (C=O) groups is 1. The lowest BCUT2D eigenvalue weighted by Gasteiger charge is -2.10. The standard InChI is InChI=1S/C18H18ClN3O4S/c1-25-11-2-3-14(13(19)6-11)26-8-10-9-27-16-12(18(24)21-4-5-23)7-22-17(20)15(10)16/h2-3,6-7,9,23H,4-5,8H2,1H3,(H2,20,22)(H,21,24). The van der Waals surface area contributed by atoms with Gasteiger partial charge in [-0.05, 0) is 17.5 Å². The van der Waals surface area contributed by atoms with Crippen LogP contribution < -0.4 is 20.5 Å². The predicted molar refractivity (Wildman–Crippen MR) is 106 cm³/mol. The van der Waals surface area contributed by atoms with Crippen molar-refractivity contribution in [3.63, 3.8) is 0 Å². The van der Waals surface area contributed by atoms with Crippen molar-refractivity contribution in [2.75, 3.05) is 26.0 Å². The Balaban J connectivity index is 1.86. The lowest BCUT2D eigenvalue weighted by Crippen LogP contribution is -2.26. The topological polar surface area (TPSA) is 107 Å². The first-order valence-electron chi connectivity index (χ1n) is 8.05. The molecule has 0 aliphatic rings. The number of aliphatic hydroxyl groups is 1. The highest BCUT2D eigenvalue weighted by molar-refractivity contribution is 7.17. The normalized spacial score (nSPS) is 10.8. The first-order chi connectivity index (χ1) is 13.0. The monoisotopic (exact) mass is 407 g/mol. The van der Waals surface area contributed by atoms with Crippen molar-refractivity contribution in [2.45, 2.75) is 6.61 Å². The van der Waals surface area contributed by atoms with Gasteiger partial charge in [0.2, 0.25) is 0 Å². The van der Waals surface area contributed by atoms with Gasteiger partial charge in [-0.3, -0.25) is 4.79 Å². The average Bonchev–Trinajstić information content (AvgIpc) is 3.10. The SMILES string of the molecule is COc1ccc(OCc2csc3c(C(=O)NCCO)cnc(N)c23)c(Cl)c1. The predicted octanol–water partition coefficient (Wildman–Crippen LogP) is 2.84. The summed E-state index contributed by atoms with van der Waals surface area (Å²) in [5.41, 5.74) is 7.25. The lowest BCUT2D eigenvalue weighted by atomic mass is 10.1. The van der Waals surface area contributed by atoms with Gasteiger partial charge < -0.3 is 25.6 Å². The number of hydrogen-bond acceptors (Lipinski definition) is 7. The van der Waals surface area contributed by atoms with Gasteiger partial charge in [-0.25, -0.2) is 4.98 Å². The Bertz CT molecular complexity index is 977. The second kappa shape index (κ2) is 8.43. The molecule has 4 N–H and O–H groups in total. The van der Waals surface area contributed by atoms with E-state index in [0.717, 1.165) is 10.3 Å². The van der Waals surface area contributed by atoms with Crippen LogP contribution in [-0.4, -0.2) is 36.3 Å². The van der Waals surface area contributed by atoms with Crippen LogP contribution in [0, 0.1) is 0 Å². The minimum absolute atomic E-state index is 0.135. The number of benzene rings is 1. The Labute approximate surface area is 164 Å². The Morgan fingerprint density at radius 3 is 2.96 bits per heavy atom. The van der Waals surface area contributed by atoms with Gasteiger partial charge in [0, 0.05) is 29.8 Å². The van der Waals surface area contributed by atoms with E-state index in [0.29, 0.717) is 33.3 Å². The summed E-state index contributed by atoms with van der Waals surface area (Å²) in [7, 11) is 1.56. The van der Waals surface area contributed by atoms with E-state index in [-0.39, 0.29) is 25.7 Å². The summed E-state index contributed by atoms with van der Waals surface area (Å²) in [5.74, 6) is 1.17. The van der Waals surface area contributed by atoms with Crippen LogP contribution in [0.1, 0.15) is 15.9 Å². The molecule has 0 bridgehead atoms. The third kappa shape index (κ3) is 4.08. The van der Waals surface area contributed by atoms with Gasteiger partial charge in [-0.15, -0.1) is 11.3 Å². The van der Waals surface area contributed by atoms with E-state index in [2.05, 4.69) is 10.3 Å². The molecular weight excluding hydrogens is 390 g/mol. The molecule has 9 heteroatoms. The Morgan fingerprint density at radius 2 is 2.26 bits per heavy atom. The van der Waals surface area contributed by atoms with Gasteiger partial charge in [0.25, 0.3) is 5.91 Å². The quantitative estimate of drug-likeness (QED) is 0.556. The van der Waals surface area contributed by atoms with E-state index in [1.807, 2.05) is 5.38 Å². The van der Waals surface area contributed by atoms with Crippen molar-refractivity contribution in [1.29, 1.82) is 0 Å². The third-order valence-electron chi connectivity index (χ3n) is 3.86. The van der Waals surface area contributed by atoms with Crippen molar-refractivity contribution in [3.05, 3.63) is 45.9 Å².